The van der Waals surface area contributed by atoms with Crippen LogP contribution in [-0.2, 0) is 17.9 Å². The molecule has 28 heavy (non-hydrogen) atoms. The average Bonchev–Trinajstić information content (AvgIpc) is 3.40. The molecule has 3 aromatic rings. The van der Waals surface area contributed by atoms with E-state index in [0.29, 0.717) is 30.8 Å². The van der Waals surface area contributed by atoms with E-state index in [1.165, 1.54) is 6.07 Å². The maximum absolute atomic E-state index is 14.1. The molecule has 2 atom stereocenters. The second-order valence-electron chi connectivity index (χ2n) is 6.75. The van der Waals surface area contributed by atoms with Gasteiger partial charge >= 0.3 is 0 Å². The number of nitrogens with zero attached hydrogens (tertiary/aromatic N) is 2. The Morgan fingerprint density at radius 3 is 2.71 bits per heavy atom. The number of hydrogen-bond acceptors (Lipinski definition) is 5. The Labute approximate surface area is 162 Å². The predicted octanol–water partition coefficient (Wildman–Crippen LogP) is 2.95. The molecule has 1 amide bonds. The lowest BCUT2D eigenvalue weighted by molar-refractivity contribution is -0.134. The molecule has 1 saturated heterocycles. The number of hydrazine groups is 1. The highest BCUT2D eigenvalue weighted by Gasteiger charge is 2.34. The van der Waals surface area contributed by atoms with Gasteiger partial charge in [0.2, 0.25) is 5.91 Å². The molecular weight excluding hydrogens is 359 g/mol. The summed E-state index contributed by atoms with van der Waals surface area (Å²) in [5.74, 6) is 0.324. The van der Waals surface area contributed by atoms with Crippen molar-refractivity contribution in [2.45, 2.75) is 31.6 Å². The molecule has 1 aliphatic heterocycles. The van der Waals surface area contributed by atoms with Crippen molar-refractivity contribution in [2.24, 2.45) is 0 Å². The zero-order chi connectivity index (χ0) is 19.3. The normalized spacial score (nSPS) is 18.9. The molecule has 0 spiro atoms. The highest BCUT2D eigenvalue weighted by atomic mass is 19.1. The molecule has 144 valence electrons. The first-order valence-corrected chi connectivity index (χ1v) is 9.17. The van der Waals surface area contributed by atoms with E-state index in [1.807, 2.05) is 24.3 Å². The predicted molar refractivity (Wildman–Crippen MR) is 101 cm³/mol. The van der Waals surface area contributed by atoms with Crippen LogP contribution in [0.4, 0.5) is 4.39 Å². The van der Waals surface area contributed by atoms with Gasteiger partial charge in [0.05, 0.1) is 31.1 Å². The van der Waals surface area contributed by atoms with Gasteiger partial charge in [-0.05, 0) is 36.8 Å². The van der Waals surface area contributed by atoms with Crippen LogP contribution in [0.15, 0.2) is 71.5 Å². The van der Waals surface area contributed by atoms with Crippen molar-refractivity contribution < 1.29 is 13.6 Å². The Bertz CT molecular complexity index is 917. The number of nitrogens with one attached hydrogen (secondary N) is 2. The van der Waals surface area contributed by atoms with Gasteiger partial charge in [0.1, 0.15) is 17.6 Å². The molecule has 1 aliphatic rings. The number of hydrogen-bond donors (Lipinski definition) is 2. The molecule has 7 heteroatoms. The highest BCUT2D eigenvalue weighted by Crippen LogP contribution is 2.26. The van der Waals surface area contributed by atoms with Gasteiger partial charge < -0.3 is 9.32 Å². The van der Waals surface area contributed by atoms with Crippen molar-refractivity contribution in [1.82, 2.24) is 20.7 Å². The SMILES string of the molecule is O=C(C1CC(c2ccccc2F)NN1)N(Cc1ccccn1)Cc1ccco1. The smallest absolute Gasteiger partial charge is 0.241 e. The van der Waals surface area contributed by atoms with Crippen LogP contribution in [0.3, 0.4) is 0 Å². The third-order valence-electron chi connectivity index (χ3n) is 4.80. The van der Waals surface area contributed by atoms with Crippen LogP contribution in [0.2, 0.25) is 0 Å². The summed E-state index contributed by atoms with van der Waals surface area (Å²) in [5, 5.41) is 0. The van der Waals surface area contributed by atoms with Crippen molar-refractivity contribution in [3.63, 3.8) is 0 Å². The van der Waals surface area contributed by atoms with Crippen molar-refractivity contribution in [3.05, 3.63) is 89.9 Å². The Morgan fingerprint density at radius 1 is 1.11 bits per heavy atom. The van der Waals surface area contributed by atoms with Crippen LogP contribution < -0.4 is 10.9 Å². The Kier molecular flexibility index (Phi) is 5.45. The Balaban J connectivity index is 1.49. The Morgan fingerprint density at radius 2 is 1.96 bits per heavy atom. The van der Waals surface area contributed by atoms with Crippen molar-refractivity contribution in [3.8, 4) is 0 Å². The molecule has 0 aliphatic carbocycles. The largest absolute Gasteiger partial charge is 0.467 e. The van der Waals surface area contributed by atoms with E-state index in [4.69, 9.17) is 4.42 Å². The van der Waals surface area contributed by atoms with E-state index < -0.39 is 6.04 Å². The number of rotatable bonds is 6. The number of benzene rings is 1. The number of carbonyl (C=O) groups is 1. The standard InChI is InChI=1S/C21H21FN4O2/c22-18-9-2-1-8-17(18)19-12-20(25-24-19)21(27)26(14-16-7-5-11-28-16)13-15-6-3-4-10-23-15/h1-11,19-20,24-25H,12-14H2. The molecule has 2 N–H and O–H groups in total. The van der Waals surface area contributed by atoms with Gasteiger partial charge in [0.25, 0.3) is 0 Å². The van der Waals surface area contributed by atoms with Gasteiger partial charge in [-0.3, -0.25) is 9.78 Å². The summed E-state index contributed by atoms with van der Waals surface area (Å²) in [6.45, 7) is 0.702. The molecule has 3 heterocycles. The summed E-state index contributed by atoms with van der Waals surface area (Å²) in [6, 6.07) is 15.1. The number of halogens is 1. The number of furan rings is 1. The zero-order valence-corrected chi connectivity index (χ0v) is 15.2. The summed E-state index contributed by atoms with van der Waals surface area (Å²) in [6.07, 6.45) is 3.74. The van der Waals surface area contributed by atoms with E-state index in [2.05, 4.69) is 15.8 Å². The number of aromatic nitrogens is 1. The van der Waals surface area contributed by atoms with Gasteiger partial charge in [-0.25, -0.2) is 15.2 Å². The van der Waals surface area contributed by atoms with Gasteiger partial charge in [-0.1, -0.05) is 24.3 Å². The van der Waals surface area contributed by atoms with E-state index in [9.17, 15) is 9.18 Å². The van der Waals surface area contributed by atoms with E-state index in [0.717, 1.165) is 5.69 Å². The summed E-state index contributed by atoms with van der Waals surface area (Å²) in [7, 11) is 0. The summed E-state index contributed by atoms with van der Waals surface area (Å²) < 4.78 is 19.5. The molecule has 0 saturated carbocycles. The van der Waals surface area contributed by atoms with Crippen LogP contribution in [-0.4, -0.2) is 21.8 Å². The molecule has 6 nitrogen and oxygen atoms in total. The first-order valence-electron chi connectivity index (χ1n) is 9.17. The first kappa shape index (κ1) is 18.3. The lowest BCUT2D eigenvalue weighted by Crippen LogP contribution is -2.45. The molecule has 2 aromatic heterocycles. The minimum Gasteiger partial charge on any atom is -0.467 e. The zero-order valence-electron chi connectivity index (χ0n) is 15.2. The fourth-order valence-electron chi connectivity index (χ4n) is 3.39. The summed E-state index contributed by atoms with van der Waals surface area (Å²) in [5.41, 5.74) is 7.40. The fraction of sp³-hybridized carbons (Fsp3) is 0.238. The minimum absolute atomic E-state index is 0.0895. The molecule has 0 bridgehead atoms. The number of amides is 1. The third kappa shape index (κ3) is 4.11. The average molecular weight is 380 g/mol. The summed E-state index contributed by atoms with van der Waals surface area (Å²) in [4.78, 5) is 19.2. The minimum atomic E-state index is -0.469. The van der Waals surface area contributed by atoms with E-state index >= 15 is 0 Å². The molecule has 2 unspecified atom stereocenters. The van der Waals surface area contributed by atoms with Crippen molar-refractivity contribution in [1.29, 1.82) is 0 Å². The van der Waals surface area contributed by atoms with Crippen LogP contribution >= 0.6 is 0 Å². The van der Waals surface area contributed by atoms with Gasteiger partial charge in [0.15, 0.2) is 0 Å². The second-order valence-corrected chi connectivity index (χ2v) is 6.75. The maximum Gasteiger partial charge on any atom is 0.241 e. The molecular formula is C21H21FN4O2. The van der Waals surface area contributed by atoms with E-state index in [1.54, 1.807) is 41.6 Å². The number of pyridine rings is 1. The van der Waals surface area contributed by atoms with Crippen LogP contribution in [0.1, 0.15) is 29.5 Å². The van der Waals surface area contributed by atoms with Gasteiger partial charge in [-0.2, -0.15) is 0 Å². The van der Waals surface area contributed by atoms with Crippen LogP contribution in [0.25, 0.3) is 0 Å². The molecule has 1 fully saturated rings. The topological polar surface area (TPSA) is 70.4 Å². The molecule has 1 aromatic carbocycles. The second kappa shape index (κ2) is 8.33. The van der Waals surface area contributed by atoms with Crippen molar-refractivity contribution >= 4 is 5.91 Å². The molecule has 0 radical (unpaired) electrons. The monoisotopic (exact) mass is 380 g/mol. The first-order chi connectivity index (χ1) is 13.7. The van der Waals surface area contributed by atoms with Crippen LogP contribution in [0.5, 0.6) is 0 Å². The quantitative estimate of drug-likeness (QED) is 0.688. The number of carbonyl (C=O) groups excluding carboxylic acids is 1. The fourth-order valence-corrected chi connectivity index (χ4v) is 3.39. The Hall–Kier alpha value is -3.03. The van der Waals surface area contributed by atoms with Gasteiger partial charge in [0, 0.05) is 11.8 Å². The maximum atomic E-state index is 14.1. The van der Waals surface area contributed by atoms with E-state index in [-0.39, 0.29) is 17.8 Å². The van der Waals surface area contributed by atoms with Crippen molar-refractivity contribution in [2.75, 3.05) is 0 Å². The van der Waals surface area contributed by atoms with Crippen LogP contribution in [0, 0.1) is 5.82 Å². The van der Waals surface area contributed by atoms with Gasteiger partial charge in [-0.15, -0.1) is 0 Å². The summed E-state index contributed by atoms with van der Waals surface area (Å²) >= 11 is 0. The third-order valence-corrected chi connectivity index (χ3v) is 4.80. The lowest BCUT2D eigenvalue weighted by atomic mass is 10.0. The molecule has 4 rings (SSSR count). The highest BCUT2D eigenvalue weighted by molar-refractivity contribution is 5.82. The lowest BCUT2D eigenvalue weighted by Gasteiger charge is -2.24.